The summed E-state index contributed by atoms with van der Waals surface area (Å²) in [5, 5.41) is 12.2. The Morgan fingerprint density at radius 1 is 1.12 bits per heavy atom. The summed E-state index contributed by atoms with van der Waals surface area (Å²) in [4.78, 5) is 13.0. The number of aromatic nitrogens is 2. The van der Waals surface area contributed by atoms with Crippen LogP contribution < -0.4 is 10.1 Å². The highest BCUT2D eigenvalue weighted by Gasteiger charge is 2.08. The molecule has 33 heavy (non-hydrogen) atoms. The van der Waals surface area contributed by atoms with E-state index in [1.54, 1.807) is 13.1 Å². The Hall–Kier alpha value is -3.77. The average molecular weight is 458 g/mol. The average Bonchev–Trinajstić information content (AvgIpc) is 2.79. The Kier molecular flexibility index (Phi) is 6.95. The molecular weight excluding hydrogens is 434 g/mol. The van der Waals surface area contributed by atoms with E-state index in [4.69, 9.17) is 21.7 Å². The molecule has 7 heteroatoms. The summed E-state index contributed by atoms with van der Waals surface area (Å²) in [7, 11) is 0. The molecule has 1 aromatic heterocycles. The van der Waals surface area contributed by atoms with Gasteiger partial charge in [0.05, 0.1) is 17.1 Å². The van der Waals surface area contributed by atoms with E-state index in [2.05, 4.69) is 39.3 Å². The molecule has 0 saturated carbocycles. The summed E-state index contributed by atoms with van der Waals surface area (Å²) >= 11 is 6.49. The van der Waals surface area contributed by atoms with Crippen molar-refractivity contribution in [3.05, 3.63) is 88.7 Å². The summed E-state index contributed by atoms with van der Waals surface area (Å²) in [5.74, 6) is 1.29. The van der Waals surface area contributed by atoms with Crippen LogP contribution in [0.4, 0.5) is 11.5 Å². The van der Waals surface area contributed by atoms with Crippen molar-refractivity contribution in [1.82, 2.24) is 9.97 Å². The van der Waals surface area contributed by atoms with E-state index in [1.807, 2.05) is 48.5 Å². The lowest BCUT2D eigenvalue weighted by Gasteiger charge is -2.12. The van der Waals surface area contributed by atoms with E-state index in [0.717, 1.165) is 27.7 Å². The first-order valence-corrected chi connectivity index (χ1v) is 10.9. The van der Waals surface area contributed by atoms with Gasteiger partial charge in [-0.3, -0.25) is 4.99 Å². The lowest BCUT2D eigenvalue weighted by Crippen LogP contribution is -1.99. The number of nitrogens with zero attached hydrogens (tertiary/aromatic N) is 3. The van der Waals surface area contributed by atoms with E-state index < -0.39 is 0 Å². The number of aryl methyl sites for hydroxylation is 1. The van der Waals surface area contributed by atoms with Crippen LogP contribution in [-0.4, -0.2) is 28.4 Å². The van der Waals surface area contributed by atoms with E-state index in [9.17, 15) is 0 Å². The first kappa shape index (κ1) is 22.4. The number of halogens is 1. The number of rotatable bonds is 8. The van der Waals surface area contributed by atoms with Crippen LogP contribution in [0.2, 0.25) is 5.02 Å². The largest absolute Gasteiger partial charge is 0.487 e. The molecular formula is C26H24ClN5O. The molecule has 0 amide bonds. The first-order valence-electron chi connectivity index (χ1n) is 10.5. The molecule has 1 heterocycles. The van der Waals surface area contributed by atoms with E-state index in [0.29, 0.717) is 35.5 Å². The van der Waals surface area contributed by atoms with Crippen LogP contribution in [-0.2, 0) is 6.61 Å². The molecule has 0 aliphatic carbocycles. The van der Waals surface area contributed by atoms with Crippen LogP contribution in [0.25, 0.3) is 10.9 Å². The van der Waals surface area contributed by atoms with Gasteiger partial charge in [-0.15, -0.1) is 0 Å². The number of aliphatic imine (C=N–C) groups is 1. The van der Waals surface area contributed by atoms with Crippen molar-refractivity contribution in [1.29, 1.82) is 5.41 Å². The maximum absolute atomic E-state index is 7.50. The summed E-state index contributed by atoms with van der Waals surface area (Å²) in [6, 6.07) is 19.6. The van der Waals surface area contributed by atoms with Crippen LogP contribution in [0.3, 0.4) is 0 Å². The zero-order valence-corrected chi connectivity index (χ0v) is 19.2. The zero-order valence-electron chi connectivity index (χ0n) is 18.5. The zero-order chi connectivity index (χ0) is 23.2. The standard InChI is InChI=1S/C26H24ClN5O/c1-17-4-3-5-20(10-17)15-33-25-9-7-21(12-23(25)27)32-26-22-11-19(14-29-13-18(2)28)6-8-24(22)30-16-31-26/h3-12,14,16,28H,13,15H2,1-2H3,(H,30,31,32). The summed E-state index contributed by atoms with van der Waals surface area (Å²) in [6.45, 7) is 4.62. The van der Waals surface area contributed by atoms with Crippen molar-refractivity contribution >= 4 is 45.9 Å². The van der Waals surface area contributed by atoms with E-state index in [-0.39, 0.29) is 0 Å². The molecule has 4 aromatic rings. The Labute approximate surface area is 197 Å². The lowest BCUT2D eigenvalue weighted by atomic mass is 10.1. The maximum atomic E-state index is 7.50. The number of benzene rings is 3. The second-order valence-electron chi connectivity index (χ2n) is 7.80. The fourth-order valence-corrected chi connectivity index (χ4v) is 3.57. The van der Waals surface area contributed by atoms with Crippen LogP contribution in [0.5, 0.6) is 5.75 Å². The number of anilines is 2. The fraction of sp³-hybridized carbons (Fsp3) is 0.154. The SMILES string of the molecule is CC(=N)CN=Cc1ccc2ncnc(Nc3ccc(OCc4cccc(C)c4)c(Cl)c3)c2c1. The van der Waals surface area contributed by atoms with Gasteiger partial charge in [-0.25, -0.2) is 9.97 Å². The third-order valence-electron chi connectivity index (χ3n) is 4.90. The monoisotopic (exact) mass is 457 g/mol. The smallest absolute Gasteiger partial charge is 0.141 e. The van der Waals surface area contributed by atoms with Gasteiger partial charge in [-0.1, -0.05) is 47.5 Å². The van der Waals surface area contributed by atoms with Gasteiger partial charge in [0.15, 0.2) is 0 Å². The van der Waals surface area contributed by atoms with Crippen molar-refractivity contribution < 1.29 is 4.74 Å². The predicted octanol–water partition coefficient (Wildman–Crippen LogP) is 6.37. The summed E-state index contributed by atoms with van der Waals surface area (Å²) in [6.07, 6.45) is 3.28. The molecule has 0 radical (unpaired) electrons. The van der Waals surface area contributed by atoms with Crippen molar-refractivity contribution in [2.24, 2.45) is 4.99 Å². The van der Waals surface area contributed by atoms with Crippen LogP contribution in [0, 0.1) is 12.3 Å². The highest BCUT2D eigenvalue weighted by molar-refractivity contribution is 6.32. The normalized spacial score (nSPS) is 11.1. The first-order chi connectivity index (χ1) is 16.0. The fourth-order valence-electron chi connectivity index (χ4n) is 3.34. The Morgan fingerprint density at radius 2 is 2.00 bits per heavy atom. The minimum atomic E-state index is 0.380. The van der Waals surface area contributed by atoms with Crippen LogP contribution >= 0.6 is 11.6 Å². The molecule has 2 N–H and O–H groups in total. The highest BCUT2D eigenvalue weighted by Crippen LogP contribution is 2.31. The second-order valence-corrected chi connectivity index (χ2v) is 8.20. The van der Waals surface area contributed by atoms with Gasteiger partial charge in [-0.05, 0) is 55.3 Å². The molecule has 4 rings (SSSR count). The third-order valence-corrected chi connectivity index (χ3v) is 5.20. The molecule has 166 valence electrons. The van der Waals surface area contributed by atoms with Crippen molar-refractivity contribution in [2.75, 3.05) is 11.9 Å². The molecule has 0 spiro atoms. The Bertz CT molecular complexity index is 1340. The van der Waals surface area contributed by atoms with Gasteiger partial charge in [0, 0.05) is 23.0 Å². The number of ether oxygens (including phenoxy) is 1. The topological polar surface area (TPSA) is 83.2 Å². The van der Waals surface area contributed by atoms with E-state index in [1.165, 1.54) is 11.9 Å². The minimum Gasteiger partial charge on any atom is -0.487 e. The summed E-state index contributed by atoms with van der Waals surface area (Å²) in [5.41, 5.74) is 5.33. The molecule has 0 bridgehead atoms. The maximum Gasteiger partial charge on any atom is 0.141 e. The van der Waals surface area contributed by atoms with Gasteiger partial charge in [0.1, 0.15) is 24.5 Å². The molecule has 0 atom stereocenters. The Balaban J connectivity index is 1.52. The predicted molar refractivity (Wildman–Crippen MR) is 136 cm³/mol. The molecule has 0 fully saturated rings. The van der Waals surface area contributed by atoms with Crippen LogP contribution in [0.15, 0.2) is 72.0 Å². The number of fused-ring (bicyclic) bond motifs is 1. The lowest BCUT2D eigenvalue weighted by molar-refractivity contribution is 0.306. The molecule has 0 aliphatic rings. The van der Waals surface area contributed by atoms with Crippen molar-refractivity contribution in [3.8, 4) is 5.75 Å². The third kappa shape index (κ3) is 5.93. The Morgan fingerprint density at radius 3 is 2.79 bits per heavy atom. The number of hydrogen-bond donors (Lipinski definition) is 2. The van der Waals surface area contributed by atoms with Crippen molar-refractivity contribution in [3.63, 3.8) is 0 Å². The molecule has 6 nitrogen and oxygen atoms in total. The summed E-state index contributed by atoms with van der Waals surface area (Å²) < 4.78 is 5.91. The van der Waals surface area contributed by atoms with Gasteiger partial charge in [0.25, 0.3) is 0 Å². The molecule has 3 aromatic carbocycles. The van der Waals surface area contributed by atoms with E-state index >= 15 is 0 Å². The molecule has 0 aliphatic heterocycles. The quantitative estimate of drug-likeness (QED) is 0.301. The van der Waals surface area contributed by atoms with Gasteiger partial charge in [-0.2, -0.15) is 0 Å². The minimum absolute atomic E-state index is 0.380. The van der Waals surface area contributed by atoms with Gasteiger partial charge in [0.2, 0.25) is 0 Å². The molecule has 0 unspecified atom stereocenters. The molecule has 0 saturated heterocycles. The number of nitrogens with one attached hydrogen (secondary N) is 2. The van der Waals surface area contributed by atoms with Gasteiger partial charge < -0.3 is 15.5 Å². The second kappa shape index (κ2) is 10.2. The van der Waals surface area contributed by atoms with Crippen LogP contribution in [0.1, 0.15) is 23.6 Å². The van der Waals surface area contributed by atoms with Crippen molar-refractivity contribution in [2.45, 2.75) is 20.5 Å². The van der Waals surface area contributed by atoms with Gasteiger partial charge >= 0.3 is 0 Å². The number of hydrogen-bond acceptors (Lipinski definition) is 6. The highest BCUT2D eigenvalue weighted by atomic mass is 35.5.